The summed E-state index contributed by atoms with van der Waals surface area (Å²) in [6.45, 7) is 3.16. The van der Waals surface area contributed by atoms with Crippen LogP contribution in [0.4, 0.5) is 0 Å². The number of hydrogen-bond donors (Lipinski definition) is 1. The number of rotatable bonds is 6. The first-order valence-corrected chi connectivity index (χ1v) is 7.81. The van der Waals surface area contributed by atoms with E-state index in [1.165, 1.54) is 16.0 Å². The molecule has 2 aromatic rings. The molecule has 3 heteroatoms. The Morgan fingerprint density at radius 1 is 1.11 bits per heavy atom. The predicted molar refractivity (Wildman–Crippen MR) is 85.3 cm³/mol. The van der Waals surface area contributed by atoms with Crippen molar-refractivity contribution in [2.24, 2.45) is 5.92 Å². The Bertz CT molecular complexity index is 504. The highest BCUT2D eigenvalue weighted by atomic mass is 35.5. The lowest BCUT2D eigenvalue weighted by atomic mass is 9.95. The molecule has 1 heterocycles. The first kappa shape index (κ1) is 14.6. The van der Waals surface area contributed by atoms with E-state index in [0.29, 0.717) is 5.92 Å². The molecule has 0 aliphatic carbocycles. The van der Waals surface area contributed by atoms with Gasteiger partial charge < -0.3 is 5.32 Å². The molecule has 0 saturated carbocycles. The summed E-state index contributed by atoms with van der Waals surface area (Å²) in [5.41, 5.74) is 2.73. The molecule has 0 radical (unpaired) electrons. The van der Waals surface area contributed by atoms with Crippen LogP contribution < -0.4 is 5.32 Å². The minimum absolute atomic E-state index is 0.613. The third-order valence-electron chi connectivity index (χ3n) is 3.26. The molecule has 19 heavy (non-hydrogen) atoms. The minimum Gasteiger partial charge on any atom is -0.319 e. The van der Waals surface area contributed by atoms with Gasteiger partial charge in [0, 0.05) is 4.88 Å². The Kier molecular flexibility index (Phi) is 5.44. The van der Waals surface area contributed by atoms with Gasteiger partial charge in [0.1, 0.15) is 0 Å². The van der Waals surface area contributed by atoms with Crippen molar-refractivity contribution in [3.63, 3.8) is 0 Å². The van der Waals surface area contributed by atoms with Gasteiger partial charge in [-0.2, -0.15) is 0 Å². The molecule has 1 atom stereocenters. The van der Waals surface area contributed by atoms with Crippen molar-refractivity contribution in [2.45, 2.75) is 19.8 Å². The number of nitrogens with one attached hydrogen (secondary N) is 1. The van der Waals surface area contributed by atoms with Gasteiger partial charge in [-0.15, -0.1) is 11.3 Å². The Labute approximate surface area is 124 Å². The molecule has 1 nitrogen and oxygen atoms in total. The molecule has 1 aromatic heterocycles. The van der Waals surface area contributed by atoms with Gasteiger partial charge in [-0.25, -0.2) is 0 Å². The second-order valence-electron chi connectivity index (χ2n) is 5.02. The van der Waals surface area contributed by atoms with E-state index in [2.05, 4.69) is 42.6 Å². The van der Waals surface area contributed by atoms with Crippen molar-refractivity contribution in [2.75, 3.05) is 13.6 Å². The van der Waals surface area contributed by atoms with Crippen LogP contribution in [-0.4, -0.2) is 13.6 Å². The number of aryl methyl sites for hydroxylation is 1. The summed E-state index contributed by atoms with van der Waals surface area (Å²) in [6, 6.07) is 13.0. The van der Waals surface area contributed by atoms with Crippen molar-refractivity contribution in [1.82, 2.24) is 5.32 Å². The highest BCUT2D eigenvalue weighted by molar-refractivity contribution is 7.16. The van der Waals surface area contributed by atoms with Crippen LogP contribution in [0.5, 0.6) is 0 Å². The molecule has 0 aliphatic heterocycles. The summed E-state index contributed by atoms with van der Waals surface area (Å²) in [7, 11) is 2.02. The molecule has 1 N–H and O–H groups in total. The lowest BCUT2D eigenvalue weighted by molar-refractivity contribution is 0.496. The lowest BCUT2D eigenvalue weighted by Crippen LogP contribution is -2.22. The minimum atomic E-state index is 0.613. The van der Waals surface area contributed by atoms with Crippen molar-refractivity contribution in [1.29, 1.82) is 0 Å². The van der Waals surface area contributed by atoms with E-state index in [0.717, 1.165) is 23.7 Å². The summed E-state index contributed by atoms with van der Waals surface area (Å²) in [6.07, 6.45) is 2.20. The third kappa shape index (κ3) is 4.64. The normalized spacial score (nSPS) is 12.6. The number of benzene rings is 1. The fourth-order valence-electron chi connectivity index (χ4n) is 2.31. The zero-order valence-corrected chi connectivity index (χ0v) is 13.0. The summed E-state index contributed by atoms with van der Waals surface area (Å²) in [5.74, 6) is 0.613. The average Bonchev–Trinajstić information content (AvgIpc) is 2.78. The van der Waals surface area contributed by atoms with Gasteiger partial charge in [-0.3, -0.25) is 0 Å². The van der Waals surface area contributed by atoms with E-state index < -0.39 is 0 Å². The van der Waals surface area contributed by atoms with Crippen LogP contribution in [0.15, 0.2) is 36.4 Å². The first-order chi connectivity index (χ1) is 9.17. The van der Waals surface area contributed by atoms with Gasteiger partial charge in [0.2, 0.25) is 0 Å². The molecule has 0 amide bonds. The smallest absolute Gasteiger partial charge is 0.0931 e. The van der Waals surface area contributed by atoms with Crippen molar-refractivity contribution < 1.29 is 0 Å². The number of hydrogen-bond acceptors (Lipinski definition) is 2. The molecule has 0 fully saturated rings. The fourth-order valence-corrected chi connectivity index (χ4v) is 3.51. The first-order valence-electron chi connectivity index (χ1n) is 6.61. The van der Waals surface area contributed by atoms with Gasteiger partial charge in [0.25, 0.3) is 0 Å². The van der Waals surface area contributed by atoms with Crippen LogP contribution in [0.25, 0.3) is 0 Å². The second-order valence-corrected chi connectivity index (χ2v) is 6.82. The van der Waals surface area contributed by atoms with Crippen molar-refractivity contribution in [3.05, 3.63) is 56.7 Å². The second kappa shape index (κ2) is 7.09. The molecular formula is C16H20ClNS. The molecular weight excluding hydrogens is 274 g/mol. The van der Waals surface area contributed by atoms with Crippen LogP contribution in [0.3, 0.4) is 0 Å². The fraction of sp³-hybridized carbons (Fsp3) is 0.375. The maximum Gasteiger partial charge on any atom is 0.0931 e. The van der Waals surface area contributed by atoms with Gasteiger partial charge in [-0.05, 0) is 57.0 Å². The number of halogens is 1. The molecule has 0 bridgehead atoms. The van der Waals surface area contributed by atoms with Gasteiger partial charge in [-0.1, -0.05) is 41.4 Å². The molecule has 2 rings (SSSR count). The Morgan fingerprint density at radius 3 is 2.42 bits per heavy atom. The monoisotopic (exact) mass is 293 g/mol. The maximum atomic E-state index is 6.00. The van der Waals surface area contributed by atoms with Crippen LogP contribution in [-0.2, 0) is 12.8 Å². The summed E-state index contributed by atoms with van der Waals surface area (Å²) in [4.78, 5) is 1.37. The van der Waals surface area contributed by atoms with E-state index in [9.17, 15) is 0 Å². The highest BCUT2D eigenvalue weighted by Crippen LogP contribution is 2.25. The van der Waals surface area contributed by atoms with Gasteiger partial charge in [0.15, 0.2) is 0 Å². The van der Waals surface area contributed by atoms with Gasteiger partial charge >= 0.3 is 0 Å². The standard InChI is InChI=1S/C16H20ClNS/c1-12-3-5-13(6-4-12)9-14(11-18-2)10-15-7-8-16(17)19-15/h3-8,14,18H,9-11H2,1-2H3. The lowest BCUT2D eigenvalue weighted by Gasteiger charge is -2.16. The Balaban J connectivity index is 2.01. The van der Waals surface area contributed by atoms with E-state index in [1.807, 2.05) is 13.1 Å². The van der Waals surface area contributed by atoms with E-state index in [1.54, 1.807) is 11.3 Å². The Hall–Kier alpha value is -0.830. The number of thiophene rings is 1. The molecule has 1 unspecified atom stereocenters. The molecule has 102 valence electrons. The van der Waals surface area contributed by atoms with Crippen LogP contribution >= 0.6 is 22.9 Å². The van der Waals surface area contributed by atoms with Gasteiger partial charge in [0.05, 0.1) is 4.34 Å². The molecule has 0 spiro atoms. The van der Waals surface area contributed by atoms with E-state index in [4.69, 9.17) is 11.6 Å². The summed E-state index contributed by atoms with van der Waals surface area (Å²) in [5, 5.41) is 3.30. The molecule has 1 aromatic carbocycles. The Morgan fingerprint density at radius 2 is 1.84 bits per heavy atom. The van der Waals surface area contributed by atoms with Crippen LogP contribution in [0.2, 0.25) is 4.34 Å². The highest BCUT2D eigenvalue weighted by Gasteiger charge is 2.11. The SMILES string of the molecule is CNCC(Cc1ccc(C)cc1)Cc1ccc(Cl)s1. The summed E-state index contributed by atoms with van der Waals surface area (Å²) < 4.78 is 0.883. The van der Waals surface area contributed by atoms with Crippen molar-refractivity contribution in [3.8, 4) is 0 Å². The van der Waals surface area contributed by atoms with Crippen LogP contribution in [0, 0.1) is 12.8 Å². The van der Waals surface area contributed by atoms with E-state index >= 15 is 0 Å². The predicted octanol–water partition coefficient (Wildman–Crippen LogP) is 4.33. The molecule has 0 aliphatic rings. The summed E-state index contributed by atoms with van der Waals surface area (Å²) >= 11 is 7.69. The average molecular weight is 294 g/mol. The van der Waals surface area contributed by atoms with E-state index in [-0.39, 0.29) is 0 Å². The zero-order chi connectivity index (χ0) is 13.7. The van der Waals surface area contributed by atoms with Crippen molar-refractivity contribution >= 4 is 22.9 Å². The molecule has 0 saturated heterocycles. The third-order valence-corrected chi connectivity index (χ3v) is 4.51. The maximum absolute atomic E-state index is 6.00. The van der Waals surface area contributed by atoms with Crippen LogP contribution in [0.1, 0.15) is 16.0 Å². The zero-order valence-electron chi connectivity index (χ0n) is 11.4. The topological polar surface area (TPSA) is 12.0 Å². The quantitative estimate of drug-likeness (QED) is 0.836. The largest absolute Gasteiger partial charge is 0.319 e.